The molecule has 2 heterocycles. The normalized spacial score (nSPS) is 17.9. The molecular formula is C18H25N3O3. The van der Waals surface area contributed by atoms with Crippen molar-refractivity contribution in [2.24, 2.45) is 0 Å². The zero-order valence-electron chi connectivity index (χ0n) is 14.5. The van der Waals surface area contributed by atoms with Crippen LogP contribution in [0, 0.1) is 0 Å². The summed E-state index contributed by atoms with van der Waals surface area (Å²) in [6, 6.07) is 3.04. The van der Waals surface area contributed by atoms with E-state index < -0.39 is 17.7 Å². The molecule has 1 N–H and O–H groups in total. The lowest BCUT2D eigenvalue weighted by molar-refractivity contribution is -0.129. The third-order valence-electron chi connectivity index (χ3n) is 4.48. The van der Waals surface area contributed by atoms with Crippen molar-refractivity contribution in [2.45, 2.75) is 33.2 Å². The largest absolute Gasteiger partial charge is 0.503 e. The number of hydrogen-bond acceptors (Lipinski definition) is 5. The average molecular weight is 331 g/mol. The van der Waals surface area contributed by atoms with Gasteiger partial charge in [-0.05, 0) is 24.7 Å². The molecule has 6 nitrogen and oxygen atoms in total. The first-order valence-electron chi connectivity index (χ1n) is 8.44. The maximum absolute atomic E-state index is 12.5. The number of amides is 1. The van der Waals surface area contributed by atoms with E-state index in [1.807, 2.05) is 6.07 Å². The maximum atomic E-state index is 12.5. The van der Waals surface area contributed by atoms with Crippen LogP contribution < -0.4 is 0 Å². The minimum absolute atomic E-state index is 0.190. The Morgan fingerprint density at radius 2 is 2.04 bits per heavy atom. The SMILES string of the molecule is CCC(=O)C1=C(O)C(=O)N(CCN(CC)CC)C1c1cccnc1. The van der Waals surface area contributed by atoms with Gasteiger partial charge in [-0.25, -0.2) is 0 Å². The van der Waals surface area contributed by atoms with E-state index in [1.54, 1.807) is 30.3 Å². The molecule has 1 aromatic rings. The Hall–Kier alpha value is -2.21. The number of ketones is 1. The van der Waals surface area contributed by atoms with Crippen LogP contribution in [0.5, 0.6) is 0 Å². The number of carbonyl (C=O) groups is 2. The van der Waals surface area contributed by atoms with E-state index in [-0.39, 0.29) is 17.8 Å². The average Bonchev–Trinajstić information content (AvgIpc) is 2.87. The molecule has 1 aliphatic rings. The van der Waals surface area contributed by atoms with E-state index in [2.05, 4.69) is 23.7 Å². The molecule has 6 heteroatoms. The second kappa shape index (κ2) is 8.06. The molecule has 1 atom stereocenters. The number of Topliss-reactive ketones (excluding diaryl/α,β-unsaturated/α-hetero) is 1. The highest BCUT2D eigenvalue weighted by Gasteiger charge is 2.42. The summed E-state index contributed by atoms with van der Waals surface area (Å²) in [5.41, 5.74) is 0.932. The van der Waals surface area contributed by atoms with E-state index in [9.17, 15) is 14.7 Å². The van der Waals surface area contributed by atoms with E-state index in [0.29, 0.717) is 13.1 Å². The molecule has 130 valence electrons. The topological polar surface area (TPSA) is 73.7 Å². The van der Waals surface area contributed by atoms with Gasteiger partial charge in [-0.15, -0.1) is 0 Å². The summed E-state index contributed by atoms with van der Waals surface area (Å²) in [5, 5.41) is 10.3. The summed E-state index contributed by atoms with van der Waals surface area (Å²) in [5.74, 6) is -1.11. The van der Waals surface area contributed by atoms with Gasteiger partial charge in [0.05, 0.1) is 11.6 Å². The van der Waals surface area contributed by atoms with Crippen LogP contribution in [0.2, 0.25) is 0 Å². The highest BCUT2D eigenvalue weighted by atomic mass is 16.3. The predicted molar refractivity (Wildman–Crippen MR) is 91.4 cm³/mol. The zero-order chi connectivity index (χ0) is 17.7. The van der Waals surface area contributed by atoms with Crippen molar-refractivity contribution in [2.75, 3.05) is 26.2 Å². The van der Waals surface area contributed by atoms with Gasteiger partial charge in [0.15, 0.2) is 11.5 Å². The minimum atomic E-state index is -0.561. The number of rotatable bonds is 8. The Labute approximate surface area is 142 Å². The fourth-order valence-corrected chi connectivity index (χ4v) is 3.03. The summed E-state index contributed by atoms with van der Waals surface area (Å²) in [4.78, 5) is 32.7. The number of aliphatic hydroxyl groups is 1. The molecule has 1 amide bonds. The lowest BCUT2D eigenvalue weighted by Crippen LogP contribution is -2.38. The van der Waals surface area contributed by atoms with Crippen molar-refractivity contribution >= 4 is 11.7 Å². The monoisotopic (exact) mass is 331 g/mol. The summed E-state index contributed by atoms with van der Waals surface area (Å²) in [6.07, 6.45) is 3.53. The molecule has 0 fully saturated rings. The van der Waals surface area contributed by atoms with Gasteiger partial charge in [0, 0.05) is 31.9 Å². The molecule has 2 rings (SSSR count). The number of nitrogens with zero attached hydrogens (tertiary/aromatic N) is 3. The summed E-state index contributed by atoms with van der Waals surface area (Å²) >= 11 is 0. The fourth-order valence-electron chi connectivity index (χ4n) is 3.03. The molecule has 0 aliphatic carbocycles. The van der Waals surface area contributed by atoms with Crippen molar-refractivity contribution in [3.05, 3.63) is 41.4 Å². The second-order valence-electron chi connectivity index (χ2n) is 5.75. The molecule has 0 saturated heterocycles. The summed E-state index contributed by atoms with van der Waals surface area (Å²) in [7, 11) is 0. The standard InChI is InChI=1S/C18H25N3O3/c1-4-14(22)15-16(13-8-7-9-19-12-13)21(18(24)17(15)23)11-10-20(5-2)6-3/h7-9,12,16,23H,4-6,10-11H2,1-3H3. The van der Waals surface area contributed by atoms with Crippen LogP contribution in [-0.4, -0.2) is 57.8 Å². The molecule has 0 spiro atoms. The van der Waals surface area contributed by atoms with Gasteiger partial charge in [0.25, 0.3) is 5.91 Å². The minimum Gasteiger partial charge on any atom is -0.503 e. The summed E-state index contributed by atoms with van der Waals surface area (Å²) < 4.78 is 0. The molecule has 0 aromatic carbocycles. The molecular weight excluding hydrogens is 306 g/mol. The third-order valence-corrected chi connectivity index (χ3v) is 4.48. The quantitative estimate of drug-likeness (QED) is 0.790. The number of aliphatic hydroxyl groups excluding tert-OH is 1. The maximum Gasteiger partial charge on any atom is 0.290 e. The molecule has 1 aliphatic heterocycles. The lowest BCUT2D eigenvalue weighted by Gasteiger charge is -2.29. The molecule has 0 saturated carbocycles. The van der Waals surface area contributed by atoms with E-state index in [4.69, 9.17) is 0 Å². The van der Waals surface area contributed by atoms with Crippen molar-refractivity contribution < 1.29 is 14.7 Å². The Balaban J connectivity index is 2.35. The number of hydrogen-bond donors (Lipinski definition) is 1. The van der Waals surface area contributed by atoms with Gasteiger partial charge in [-0.2, -0.15) is 0 Å². The van der Waals surface area contributed by atoms with Gasteiger partial charge < -0.3 is 14.9 Å². The highest BCUT2D eigenvalue weighted by molar-refractivity contribution is 6.08. The van der Waals surface area contributed by atoms with Crippen LogP contribution in [0.25, 0.3) is 0 Å². The Morgan fingerprint density at radius 1 is 1.33 bits per heavy atom. The van der Waals surface area contributed by atoms with Crippen LogP contribution in [0.1, 0.15) is 38.8 Å². The van der Waals surface area contributed by atoms with Crippen LogP contribution in [0.3, 0.4) is 0 Å². The predicted octanol–water partition coefficient (Wildman–Crippen LogP) is 2.10. The smallest absolute Gasteiger partial charge is 0.290 e. The highest BCUT2D eigenvalue weighted by Crippen LogP contribution is 2.37. The molecule has 24 heavy (non-hydrogen) atoms. The zero-order valence-corrected chi connectivity index (χ0v) is 14.5. The molecule has 1 unspecified atom stereocenters. The first-order valence-corrected chi connectivity index (χ1v) is 8.44. The number of likely N-dealkylation sites (N-methyl/N-ethyl adjacent to an activating group) is 1. The van der Waals surface area contributed by atoms with Gasteiger partial charge in [0.2, 0.25) is 0 Å². The molecule has 0 radical (unpaired) electrons. The third kappa shape index (κ3) is 3.48. The van der Waals surface area contributed by atoms with Gasteiger partial charge in [-0.3, -0.25) is 14.6 Å². The van der Waals surface area contributed by atoms with E-state index >= 15 is 0 Å². The molecule has 0 bridgehead atoms. The van der Waals surface area contributed by atoms with E-state index in [0.717, 1.165) is 18.7 Å². The first-order chi connectivity index (χ1) is 11.5. The van der Waals surface area contributed by atoms with Crippen molar-refractivity contribution in [1.82, 2.24) is 14.8 Å². The van der Waals surface area contributed by atoms with Gasteiger partial charge in [-0.1, -0.05) is 26.8 Å². The number of aromatic nitrogens is 1. The first kappa shape index (κ1) is 18.1. The Bertz CT molecular complexity index is 624. The van der Waals surface area contributed by atoms with Crippen molar-refractivity contribution in [3.63, 3.8) is 0 Å². The second-order valence-corrected chi connectivity index (χ2v) is 5.75. The van der Waals surface area contributed by atoms with Gasteiger partial charge in [0.1, 0.15) is 0 Å². The molecule has 1 aromatic heterocycles. The van der Waals surface area contributed by atoms with E-state index in [1.165, 1.54) is 0 Å². The van der Waals surface area contributed by atoms with Crippen LogP contribution >= 0.6 is 0 Å². The van der Waals surface area contributed by atoms with Crippen LogP contribution in [0.15, 0.2) is 35.9 Å². The number of carbonyl (C=O) groups excluding carboxylic acids is 2. The fraction of sp³-hybridized carbons (Fsp3) is 0.500. The number of pyridine rings is 1. The van der Waals surface area contributed by atoms with Gasteiger partial charge >= 0.3 is 0 Å². The van der Waals surface area contributed by atoms with Crippen LogP contribution in [-0.2, 0) is 9.59 Å². The summed E-state index contributed by atoms with van der Waals surface area (Å²) in [6.45, 7) is 8.77. The van der Waals surface area contributed by atoms with Crippen LogP contribution in [0.4, 0.5) is 0 Å². The Morgan fingerprint density at radius 3 is 2.58 bits per heavy atom. The Kier molecular flexibility index (Phi) is 6.09. The van der Waals surface area contributed by atoms with Crippen molar-refractivity contribution in [1.29, 1.82) is 0 Å². The van der Waals surface area contributed by atoms with Crippen molar-refractivity contribution in [3.8, 4) is 0 Å². The lowest BCUT2D eigenvalue weighted by atomic mass is 9.96.